The average molecular weight is 348 g/mol. The summed E-state index contributed by atoms with van der Waals surface area (Å²) in [6.07, 6.45) is 4.56. The molecule has 0 saturated heterocycles. The van der Waals surface area contributed by atoms with E-state index in [0.717, 1.165) is 11.3 Å². The number of hydrogen-bond donors (Lipinski definition) is 1. The summed E-state index contributed by atoms with van der Waals surface area (Å²) in [4.78, 5) is 16.1. The van der Waals surface area contributed by atoms with Crippen LogP contribution in [-0.4, -0.2) is 18.0 Å². The summed E-state index contributed by atoms with van der Waals surface area (Å²) in [7, 11) is 1.60. The Balaban J connectivity index is 1.55. The normalized spacial score (nSPS) is 10.2. The third kappa shape index (κ3) is 4.83. The maximum Gasteiger partial charge on any atom is 0.224 e. The Morgan fingerprint density at radius 3 is 2.46 bits per heavy atom. The van der Waals surface area contributed by atoms with Gasteiger partial charge in [-0.15, -0.1) is 0 Å². The van der Waals surface area contributed by atoms with E-state index < -0.39 is 0 Å². The number of nitrogens with zero attached hydrogens (tertiary/aromatic N) is 1. The molecule has 1 amide bonds. The van der Waals surface area contributed by atoms with Crippen LogP contribution in [0.25, 0.3) is 0 Å². The highest BCUT2D eigenvalue weighted by Crippen LogP contribution is 2.31. The van der Waals surface area contributed by atoms with Crippen LogP contribution in [-0.2, 0) is 11.2 Å². The van der Waals surface area contributed by atoms with Crippen molar-refractivity contribution in [1.82, 2.24) is 4.98 Å². The number of anilines is 1. The second-order valence-corrected chi connectivity index (χ2v) is 5.69. The Kier molecular flexibility index (Phi) is 5.83. The van der Waals surface area contributed by atoms with Crippen LogP contribution in [0.3, 0.4) is 0 Å². The summed E-state index contributed by atoms with van der Waals surface area (Å²) < 4.78 is 11.1. The van der Waals surface area contributed by atoms with Gasteiger partial charge >= 0.3 is 0 Å². The summed E-state index contributed by atoms with van der Waals surface area (Å²) in [6.45, 7) is 0. The zero-order valence-electron chi connectivity index (χ0n) is 14.5. The van der Waals surface area contributed by atoms with E-state index >= 15 is 0 Å². The monoisotopic (exact) mass is 348 g/mol. The van der Waals surface area contributed by atoms with E-state index in [-0.39, 0.29) is 5.91 Å². The summed E-state index contributed by atoms with van der Waals surface area (Å²) in [5.41, 5.74) is 1.77. The Hall–Kier alpha value is -3.34. The number of methoxy groups -OCH3 is 1. The minimum atomic E-state index is -0.0350. The second-order valence-electron chi connectivity index (χ2n) is 5.69. The SMILES string of the molecule is COc1ccccc1Oc1ccc(NC(=O)CCc2cccnc2)cc1. The van der Waals surface area contributed by atoms with Gasteiger partial charge in [-0.25, -0.2) is 0 Å². The van der Waals surface area contributed by atoms with Gasteiger partial charge in [0.05, 0.1) is 7.11 Å². The van der Waals surface area contributed by atoms with Crippen molar-refractivity contribution in [2.24, 2.45) is 0 Å². The van der Waals surface area contributed by atoms with Crippen molar-refractivity contribution >= 4 is 11.6 Å². The molecule has 0 aliphatic carbocycles. The van der Waals surface area contributed by atoms with E-state index in [2.05, 4.69) is 10.3 Å². The van der Waals surface area contributed by atoms with Gasteiger partial charge in [0.15, 0.2) is 11.5 Å². The van der Waals surface area contributed by atoms with E-state index in [1.165, 1.54) is 0 Å². The van der Waals surface area contributed by atoms with Crippen LogP contribution in [0.5, 0.6) is 17.2 Å². The first kappa shape index (κ1) is 17.5. The molecule has 1 aromatic heterocycles. The molecule has 5 heteroatoms. The van der Waals surface area contributed by atoms with E-state index in [0.29, 0.717) is 30.1 Å². The lowest BCUT2D eigenvalue weighted by Crippen LogP contribution is -2.12. The molecule has 2 aromatic carbocycles. The molecule has 3 rings (SSSR count). The zero-order chi connectivity index (χ0) is 18.2. The minimum Gasteiger partial charge on any atom is -0.493 e. The highest BCUT2D eigenvalue weighted by atomic mass is 16.5. The molecular weight excluding hydrogens is 328 g/mol. The predicted molar refractivity (Wildman–Crippen MR) is 101 cm³/mol. The largest absolute Gasteiger partial charge is 0.493 e. The molecule has 0 radical (unpaired) electrons. The Bertz CT molecular complexity index is 849. The van der Waals surface area contributed by atoms with Crippen LogP contribution < -0.4 is 14.8 Å². The van der Waals surface area contributed by atoms with Gasteiger partial charge in [0.25, 0.3) is 0 Å². The number of aromatic nitrogens is 1. The highest BCUT2D eigenvalue weighted by molar-refractivity contribution is 5.90. The number of amides is 1. The molecule has 1 N–H and O–H groups in total. The molecule has 0 spiro atoms. The van der Waals surface area contributed by atoms with Crippen LogP contribution in [0.1, 0.15) is 12.0 Å². The Morgan fingerprint density at radius 2 is 1.77 bits per heavy atom. The van der Waals surface area contributed by atoms with Gasteiger partial charge in [-0.2, -0.15) is 0 Å². The number of ether oxygens (including phenoxy) is 2. The van der Waals surface area contributed by atoms with E-state index in [1.54, 1.807) is 19.5 Å². The molecule has 1 heterocycles. The lowest BCUT2D eigenvalue weighted by molar-refractivity contribution is -0.116. The zero-order valence-corrected chi connectivity index (χ0v) is 14.5. The molecule has 132 valence electrons. The second kappa shape index (κ2) is 8.67. The predicted octanol–water partition coefficient (Wildman–Crippen LogP) is 4.45. The first-order chi connectivity index (χ1) is 12.7. The fourth-order valence-corrected chi connectivity index (χ4v) is 2.46. The number of nitrogens with one attached hydrogen (secondary N) is 1. The number of para-hydroxylation sites is 2. The number of pyridine rings is 1. The van der Waals surface area contributed by atoms with Crippen LogP contribution in [0, 0.1) is 0 Å². The van der Waals surface area contributed by atoms with Crippen molar-refractivity contribution in [2.75, 3.05) is 12.4 Å². The van der Waals surface area contributed by atoms with Crippen molar-refractivity contribution in [3.8, 4) is 17.2 Å². The van der Waals surface area contributed by atoms with E-state index in [1.807, 2.05) is 60.7 Å². The molecule has 0 unspecified atom stereocenters. The molecule has 0 bridgehead atoms. The third-order valence-corrected chi connectivity index (χ3v) is 3.80. The van der Waals surface area contributed by atoms with Crippen molar-refractivity contribution in [2.45, 2.75) is 12.8 Å². The van der Waals surface area contributed by atoms with Gasteiger partial charge in [0, 0.05) is 24.5 Å². The maximum atomic E-state index is 12.1. The van der Waals surface area contributed by atoms with Crippen molar-refractivity contribution in [3.05, 3.63) is 78.6 Å². The lowest BCUT2D eigenvalue weighted by Gasteiger charge is -2.11. The van der Waals surface area contributed by atoms with E-state index in [4.69, 9.17) is 9.47 Å². The van der Waals surface area contributed by atoms with Crippen molar-refractivity contribution < 1.29 is 14.3 Å². The fourth-order valence-electron chi connectivity index (χ4n) is 2.46. The molecule has 5 nitrogen and oxygen atoms in total. The highest BCUT2D eigenvalue weighted by Gasteiger charge is 2.06. The minimum absolute atomic E-state index is 0.0350. The molecule has 3 aromatic rings. The number of carbonyl (C=O) groups excluding carboxylic acids is 1. The number of hydrogen-bond acceptors (Lipinski definition) is 4. The Morgan fingerprint density at radius 1 is 1.00 bits per heavy atom. The fraction of sp³-hybridized carbons (Fsp3) is 0.143. The van der Waals surface area contributed by atoms with Crippen LogP contribution in [0.4, 0.5) is 5.69 Å². The quantitative estimate of drug-likeness (QED) is 0.685. The van der Waals surface area contributed by atoms with Gasteiger partial charge < -0.3 is 14.8 Å². The number of carbonyl (C=O) groups is 1. The number of rotatable bonds is 7. The molecule has 0 aliphatic heterocycles. The van der Waals surface area contributed by atoms with Crippen LogP contribution >= 0.6 is 0 Å². The molecule has 0 saturated carbocycles. The van der Waals surface area contributed by atoms with Crippen molar-refractivity contribution in [3.63, 3.8) is 0 Å². The van der Waals surface area contributed by atoms with Gasteiger partial charge in [-0.05, 0) is 54.4 Å². The smallest absolute Gasteiger partial charge is 0.224 e. The van der Waals surface area contributed by atoms with E-state index in [9.17, 15) is 4.79 Å². The summed E-state index contributed by atoms with van der Waals surface area (Å²) >= 11 is 0. The number of benzene rings is 2. The van der Waals surface area contributed by atoms with Gasteiger partial charge in [0.2, 0.25) is 5.91 Å². The standard InChI is InChI=1S/C21H20N2O3/c1-25-19-6-2-3-7-20(19)26-18-11-9-17(10-12-18)23-21(24)13-8-16-5-4-14-22-15-16/h2-7,9-12,14-15H,8,13H2,1H3,(H,23,24). The van der Waals surface area contributed by atoms with Crippen LogP contribution in [0.2, 0.25) is 0 Å². The Labute approximate surface area is 152 Å². The maximum absolute atomic E-state index is 12.1. The summed E-state index contributed by atoms with van der Waals surface area (Å²) in [6, 6.07) is 18.5. The molecule has 0 aliphatic rings. The summed E-state index contributed by atoms with van der Waals surface area (Å²) in [5.74, 6) is 1.94. The average Bonchev–Trinajstić information content (AvgIpc) is 2.69. The van der Waals surface area contributed by atoms with Crippen molar-refractivity contribution in [1.29, 1.82) is 0 Å². The first-order valence-electron chi connectivity index (χ1n) is 8.34. The molecule has 0 fully saturated rings. The van der Waals surface area contributed by atoms with Crippen LogP contribution in [0.15, 0.2) is 73.1 Å². The molecule has 0 atom stereocenters. The first-order valence-corrected chi connectivity index (χ1v) is 8.34. The van der Waals surface area contributed by atoms with Gasteiger partial charge in [-0.3, -0.25) is 9.78 Å². The van der Waals surface area contributed by atoms with Gasteiger partial charge in [0.1, 0.15) is 5.75 Å². The molecular formula is C21H20N2O3. The third-order valence-electron chi connectivity index (χ3n) is 3.80. The summed E-state index contributed by atoms with van der Waals surface area (Å²) in [5, 5.41) is 2.89. The molecule has 26 heavy (non-hydrogen) atoms. The lowest BCUT2D eigenvalue weighted by atomic mass is 10.1. The number of aryl methyl sites for hydroxylation is 1. The van der Waals surface area contributed by atoms with Gasteiger partial charge in [-0.1, -0.05) is 18.2 Å². The topological polar surface area (TPSA) is 60.5 Å².